The van der Waals surface area contributed by atoms with E-state index in [1.807, 2.05) is 13.8 Å². The van der Waals surface area contributed by atoms with Gasteiger partial charge >= 0.3 is 0 Å². The van der Waals surface area contributed by atoms with Crippen LogP contribution in [0, 0.1) is 5.82 Å². The number of anilines is 1. The average molecular weight is 532 g/mol. The Bertz CT molecular complexity index is 1150. The van der Waals surface area contributed by atoms with Gasteiger partial charge < -0.3 is 10.2 Å². The molecule has 2 atom stereocenters. The standard InChI is InChI=1S/C23H28Cl2FN3O4S/c1-5-15(2)27-23(31)16(3)28(13-17-8-6-7-9-20(17)26)22(30)14-29(34(4,32)33)21-12-18(24)10-11-19(21)25/h6-12,15-16H,5,13-14H2,1-4H3,(H,27,31)/t15-,16-/m0/s1. The number of nitrogens with zero attached hydrogens (tertiary/aromatic N) is 2. The van der Waals surface area contributed by atoms with Crippen molar-refractivity contribution in [3.63, 3.8) is 0 Å². The van der Waals surface area contributed by atoms with E-state index in [4.69, 9.17) is 23.2 Å². The maximum absolute atomic E-state index is 14.4. The van der Waals surface area contributed by atoms with Gasteiger partial charge in [0.15, 0.2) is 0 Å². The molecule has 0 radical (unpaired) electrons. The number of carbonyl (C=O) groups is 2. The van der Waals surface area contributed by atoms with Crippen LogP contribution < -0.4 is 9.62 Å². The van der Waals surface area contributed by atoms with Crippen LogP contribution in [0.5, 0.6) is 0 Å². The molecule has 0 aromatic heterocycles. The fourth-order valence-corrected chi connectivity index (χ4v) is 4.42. The van der Waals surface area contributed by atoms with Gasteiger partial charge in [0.1, 0.15) is 18.4 Å². The van der Waals surface area contributed by atoms with Crippen molar-refractivity contribution in [3.8, 4) is 0 Å². The molecule has 34 heavy (non-hydrogen) atoms. The zero-order chi connectivity index (χ0) is 25.6. The molecule has 0 saturated heterocycles. The van der Waals surface area contributed by atoms with E-state index >= 15 is 0 Å². The maximum Gasteiger partial charge on any atom is 0.244 e. The second kappa shape index (κ2) is 11.9. The number of halogens is 3. The van der Waals surface area contributed by atoms with E-state index in [-0.39, 0.29) is 33.9 Å². The highest BCUT2D eigenvalue weighted by molar-refractivity contribution is 7.92. The van der Waals surface area contributed by atoms with Gasteiger partial charge in [0.25, 0.3) is 0 Å². The fraction of sp³-hybridized carbons (Fsp3) is 0.391. The Morgan fingerprint density at radius 2 is 1.76 bits per heavy atom. The van der Waals surface area contributed by atoms with Crippen LogP contribution in [-0.2, 0) is 26.2 Å². The number of hydrogen-bond donors (Lipinski definition) is 1. The minimum Gasteiger partial charge on any atom is -0.352 e. The summed E-state index contributed by atoms with van der Waals surface area (Å²) in [6.45, 7) is 4.33. The smallest absolute Gasteiger partial charge is 0.244 e. The van der Waals surface area contributed by atoms with Crippen molar-refractivity contribution in [1.82, 2.24) is 10.2 Å². The lowest BCUT2D eigenvalue weighted by Gasteiger charge is -2.32. The highest BCUT2D eigenvalue weighted by atomic mass is 35.5. The number of carbonyl (C=O) groups excluding carboxylic acids is 2. The summed E-state index contributed by atoms with van der Waals surface area (Å²) in [6, 6.07) is 8.96. The molecule has 2 aromatic carbocycles. The molecule has 2 aromatic rings. The van der Waals surface area contributed by atoms with E-state index in [0.29, 0.717) is 6.42 Å². The highest BCUT2D eigenvalue weighted by Crippen LogP contribution is 2.31. The monoisotopic (exact) mass is 531 g/mol. The summed E-state index contributed by atoms with van der Waals surface area (Å²) in [7, 11) is -3.97. The Morgan fingerprint density at radius 3 is 2.35 bits per heavy atom. The van der Waals surface area contributed by atoms with Crippen LogP contribution in [0.15, 0.2) is 42.5 Å². The molecule has 7 nitrogen and oxygen atoms in total. The molecule has 0 spiro atoms. The molecule has 0 bridgehead atoms. The fourth-order valence-electron chi connectivity index (χ4n) is 3.13. The van der Waals surface area contributed by atoms with Gasteiger partial charge in [0.05, 0.1) is 17.0 Å². The lowest BCUT2D eigenvalue weighted by Crippen LogP contribution is -2.52. The SMILES string of the molecule is CC[C@H](C)NC(=O)[C@H](C)N(Cc1ccccc1F)C(=O)CN(c1cc(Cl)ccc1Cl)S(C)(=O)=O. The van der Waals surface area contributed by atoms with Crippen LogP contribution in [0.2, 0.25) is 10.0 Å². The molecule has 186 valence electrons. The summed E-state index contributed by atoms with van der Waals surface area (Å²) < 4.78 is 40.3. The molecule has 2 rings (SSSR count). The molecule has 0 heterocycles. The van der Waals surface area contributed by atoms with Crippen LogP contribution in [-0.4, -0.2) is 50.0 Å². The minimum atomic E-state index is -3.97. The third-order valence-electron chi connectivity index (χ3n) is 5.32. The molecule has 11 heteroatoms. The summed E-state index contributed by atoms with van der Waals surface area (Å²) in [5, 5.41) is 3.10. The molecule has 0 fully saturated rings. The highest BCUT2D eigenvalue weighted by Gasteiger charge is 2.31. The van der Waals surface area contributed by atoms with E-state index in [1.165, 1.54) is 43.3 Å². The Kier molecular flexibility index (Phi) is 9.73. The minimum absolute atomic E-state index is 0.0209. The molecule has 2 amide bonds. The zero-order valence-electron chi connectivity index (χ0n) is 19.4. The van der Waals surface area contributed by atoms with Gasteiger partial charge in [-0.05, 0) is 44.5 Å². The Morgan fingerprint density at radius 1 is 1.12 bits per heavy atom. The quantitative estimate of drug-likeness (QED) is 0.496. The molecule has 0 aliphatic carbocycles. The average Bonchev–Trinajstić information content (AvgIpc) is 2.77. The number of nitrogens with one attached hydrogen (secondary N) is 1. The lowest BCUT2D eigenvalue weighted by atomic mass is 10.1. The van der Waals surface area contributed by atoms with E-state index in [9.17, 15) is 22.4 Å². The molecular formula is C23H28Cl2FN3O4S. The molecule has 0 saturated carbocycles. The Labute approximate surface area is 209 Å². The van der Waals surface area contributed by atoms with Gasteiger partial charge in [-0.3, -0.25) is 13.9 Å². The second-order valence-electron chi connectivity index (χ2n) is 7.97. The van der Waals surface area contributed by atoms with E-state index in [0.717, 1.165) is 15.5 Å². The summed E-state index contributed by atoms with van der Waals surface area (Å²) in [6.07, 6.45) is 1.60. The lowest BCUT2D eigenvalue weighted by molar-refractivity contribution is -0.139. The van der Waals surface area contributed by atoms with Crippen LogP contribution in [0.1, 0.15) is 32.8 Å². The van der Waals surface area contributed by atoms with Crippen molar-refractivity contribution in [2.24, 2.45) is 0 Å². The van der Waals surface area contributed by atoms with E-state index in [1.54, 1.807) is 6.07 Å². The Hall–Kier alpha value is -2.36. The van der Waals surface area contributed by atoms with Crippen LogP contribution in [0.25, 0.3) is 0 Å². The molecule has 0 unspecified atom stereocenters. The largest absolute Gasteiger partial charge is 0.352 e. The number of benzene rings is 2. The van der Waals surface area contributed by atoms with Crippen molar-refractivity contribution in [3.05, 3.63) is 63.9 Å². The second-order valence-corrected chi connectivity index (χ2v) is 10.7. The van der Waals surface area contributed by atoms with E-state index in [2.05, 4.69) is 5.32 Å². The number of rotatable bonds is 10. The predicted molar refractivity (Wildman–Crippen MR) is 133 cm³/mol. The maximum atomic E-state index is 14.4. The molecule has 1 N–H and O–H groups in total. The van der Waals surface area contributed by atoms with Crippen molar-refractivity contribution in [1.29, 1.82) is 0 Å². The normalized spacial score (nSPS) is 13.1. The van der Waals surface area contributed by atoms with Gasteiger partial charge in [-0.1, -0.05) is 48.3 Å². The number of sulfonamides is 1. The van der Waals surface area contributed by atoms with Crippen LogP contribution in [0.3, 0.4) is 0 Å². The number of amides is 2. The van der Waals surface area contributed by atoms with Gasteiger partial charge in [0.2, 0.25) is 21.8 Å². The molecule has 0 aliphatic rings. The Balaban J connectivity index is 2.45. The topological polar surface area (TPSA) is 86.8 Å². The first-order valence-corrected chi connectivity index (χ1v) is 13.2. The summed E-state index contributed by atoms with van der Waals surface area (Å²) in [5.74, 6) is -1.70. The third kappa shape index (κ3) is 7.32. The van der Waals surface area contributed by atoms with Gasteiger partial charge in [-0.25, -0.2) is 12.8 Å². The first kappa shape index (κ1) is 27.9. The first-order chi connectivity index (χ1) is 15.8. The molecular weight excluding hydrogens is 504 g/mol. The van der Waals surface area contributed by atoms with Gasteiger partial charge in [-0.2, -0.15) is 0 Å². The summed E-state index contributed by atoms with van der Waals surface area (Å²) in [4.78, 5) is 27.4. The van der Waals surface area contributed by atoms with Crippen LogP contribution in [0.4, 0.5) is 10.1 Å². The van der Waals surface area contributed by atoms with Crippen LogP contribution >= 0.6 is 23.2 Å². The van der Waals surface area contributed by atoms with Gasteiger partial charge in [-0.15, -0.1) is 0 Å². The summed E-state index contributed by atoms with van der Waals surface area (Å²) >= 11 is 12.2. The van der Waals surface area contributed by atoms with Crippen molar-refractivity contribution in [2.75, 3.05) is 17.1 Å². The third-order valence-corrected chi connectivity index (χ3v) is 7.00. The predicted octanol–water partition coefficient (Wildman–Crippen LogP) is 4.23. The first-order valence-electron chi connectivity index (χ1n) is 10.6. The number of hydrogen-bond acceptors (Lipinski definition) is 4. The van der Waals surface area contributed by atoms with Crippen molar-refractivity contribution >= 4 is 50.7 Å². The zero-order valence-corrected chi connectivity index (χ0v) is 21.7. The van der Waals surface area contributed by atoms with Crippen molar-refractivity contribution in [2.45, 2.75) is 45.8 Å². The van der Waals surface area contributed by atoms with Gasteiger partial charge in [0, 0.05) is 23.2 Å². The van der Waals surface area contributed by atoms with E-state index < -0.39 is 40.2 Å². The molecule has 0 aliphatic heterocycles. The van der Waals surface area contributed by atoms with Crippen molar-refractivity contribution < 1.29 is 22.4 Å². The summed E-state index contributed by atoms with van der Waals surface area (Å²) in [5.41, 5.74) is 0.207.